The smallest absolute Gasteiger partial charge is 0.306 e. The first-order valence-corrected chi connectivity index (χ1v) is 3.75. The van der Waals surface area contributed by atoms with E-state index in [-0.39, 0.29) is 6.42 Å². The van der Waals surface area contributed by atoms with Crippen molar-refractivity contribution in [2.24, 2.45) is 0 Å². The van der Waals surface area contributed by atoms with Crippen LogP contribution in [0.25, 0.3) is 0 Å². The summed E-state index contributed by atoms with van der Waals surface area (Å²) in [6, 6.07) is 0. The molecule has 0 aliphatic carbocycles. The second-order valence-corrected chi connectivity index (χ2v) is 2.79. The summed E-state index contributed by atoms with van der Waals surface area (Å²) in [6.07, 6.45) is 0.105. The number of hydrogen-bond donors (Lipinski definition) is 2. The monoisotopic (exact) mass is 159 g/mol. The summed E-state index contributed by atoms with van der Waals surface area (Å²) in [4.78, 5) is 10.4. The fourth-order valence-corrected chi connectivity index (χ4v) is 1.26. The molecule has 4 nitrogen and oxygen atoms in total. The lowest BCUT2D eigenvalue weighted by Gasteiger charge is -2.40. The summed E-state index contributed by atoms with van der Waals surface area (Å²) in [7, 11) is 0. The zero-order valence-electron chi connectivity index (χ0n) is 6.59. The number of aliphatic carboxylic acids is 1. The molecule has 0 atom stereocenters. The van der Waals surface area contributed by atoms with Crippen molar-refractivity contribution >= 4 is 5.97 Å². The lowest BCUT2D eigenvalue weighted by atomic mass is 9.93. The van der Waals surface area contributed by atoms with Gasteiger partial charge in [0.2, 0.25) is 0 Å². The zero-order valence-corrected chi connectivity index (χ0v) is 6.59. The largest absolute Gasteiger partial charge is 0.481 e. The van der Waals surface area contributed by atoms with Gasteiger partial charge in [-0.05, 0) is 6.92 Å². The fraction of sp³-hybridized carbons (Fsp3) is 0.857. The second-order valence-electron chi connectivity index (χ2n) is 2.79. The highest BCUT2D eigenvalue weighted by molar-refractivity contribution is 5.68. The van der Waals surface area contributed by atoms with Gasteiger partial charge in [-0.25, -0.2) is 0 Å². The van der Waals surface area contributed by atoms with E-state index >= 15 is 0 Å². The molecule has 0 aromatic rings. The van der Waals surface area contributed by atoms with Gasteiger partial charge in [-0.2, -0.15) is 0 Å². The van der Waals surface area contributed by atoms with Gasteiger partial charge in [-0.3, -0.25) is 4.79 Å². The van der Waals surface area contributed by atoms with Crippen molar-refractivity contribution in [3.05, 3.63) is 0 Å². The highest BCUT2D eigenvalue weighted by Crippen LogP contribution is 2.20. The lowest BCUT2D eigenvalue weighted by Crippen LogP contribution is -2.62. The SMILES string of the molecule is CCOC1(CC(=O)O)CNC1. The first kappa shape index (κ1) is 8.49. The van der Waals surface area contributed by atoms with Crippen LogP contribution in [0.1, 0.15) is 13.3 Å². The van der Waals surface area contributed by atoms with Crippen LogP contribution in [0.3, 0.4) is 0 Å². The number of hydrogen-bond acceptors (Lipinski definition) is 3. The van der Waals surface area contributed by atoms with Gasteiger partial charge in [-0.1, -0.05) is 0 Å². The molecular weight excluding hydrogens is 146 g/mol. The normalized spacial score (nSPS) is 20.8. The number of nitrogens with one attached hydrogen (secondary N) is 1. The molecule has 1 aliphatic rings. The maximum atomic E-state index is 10.4. The van der Waals surface area contributed by atoms with E-state index in [0.717, 1.165) is 0 Å². The Morgan fingerprint density at radius 1 is 1.73 bits per heavy atom. The van der Waals surface area contributed by atoms with Gasteiger partial charge >= 0.3 is 5.97 Å². The Balaban J connectivity index is 2.39. The molecule has 0 aromatic heterocycles. The third-order valence-corrected chi connectivity index (χ3v) is 1.82. The molecule has 1 rings (SSSR count). The average molecular weight is 159 g/mol. The Labute approximate surface area is 65.5 Å². The Bertz CT molecular complexity index is 154. The molecule has 0 spiro atoms. The minimum atomic E-state index is -0.792. The maximum absolute atomic E-state index is 10.4. The van der Waals surface area contributed by atoms with Gasteiger partial charge in [0.1, 0.15) is 5.60 Å². The van der Waals surface area contributed by atoms with Gasteiger partial charge in [0.15, 0.2) is 0 Å². The first-order valence-electron chi connectivity index (χ1n) is 3.75. The molecule has 0 bridgehead atoms. The van der Waals surface area contributed by atoms with E-state index in [0.29, 0.717) is 19.7 Å². The molecule has 0 saturated carbocycles. The predicted octanol–water partition coefficient (Wildman–Crippen LogP) is -0.160. The van der Waals surface area contributed by atoms with Gasteiger partial charge < -0.3 is 15.2 Å². The number of rotatable bonds is 4. The molecule has 2 N–H and O–H groups in total. The van der Waals surface area contributed by atoms with E-state index in [1.807, 2.05) is 6.92 Å². The van der Waals surface area contributed by atoms with Crippen molar-refractivity contribution < 1.29 is 14.6 Å². The molecule has 1 heterocycles. The zero-order chi connectivity index (χ0) is 8.32. The summed E-state index contributed by atoms with van der Waals surface area (Å²) < 4.78 is 5.33. The Kier molecular flexibility index (Phi) is 2.46. The number of carboxylic acid groups (broad SMARTS) is 1. The third-order valence-electron chi connectivity index (χ3n) is 1.82. The van der Waals surface area contributed by atoms with Gasteiger partial charge in [-0.15, -0.1) is 0 Å². The highest BCUT2D eigenvalue weighted by Gasteiger charge is 2.39. The summed E-state index contributed by atoms with van der Waals surface area (Å²) >= 11 is 0. The summed E-state index contributed by atoms with van der Waals surface area (Å²) in [5, 5.41) is 11.5. The van der Waals surface area contributed by atoms with Crippen LogP contribution >= 0.6 is 0 Å². The molecule has 0 radical (unpaired) electrons. The quantitative estimate of drug-likeness (QED) is 0.598. The van der Waals surface area contributed by atoms with Crippen LogP contribution in [0.5, 0.6) is 0 Å². The topological polar surface area (TPSA) is 58.6 Å². The van der Waals surface area contributed by atoms with Crippen molar-refractivity contribution in [1.29, 1.82) is 0 Å². The Morgan fingerprint density at radius 2 is 2.36 bits per heavy atom. The minimum absolute atomic E-state index is 0.105. The Morgan fingerprint density at radius 3 is 2.64 bits per heavy atom. The van der Waals surface area contributed by atoms with E-state index in [2.05, 4.69) is 5.32 Å². The van der Waals surface area contributed by atoms with E-state index in [1.165, 1.54) is 0 Å². The highest BCUT2D eigenvalue weighted by atomic mass is 16.5. The van der Waals surface area contributed by atoms with Crippen molar-refractivity contribution in [3.63, 3.8) is 0 Å². The molecular formula is C7H13NO3. The predicted molar refractivity (Wildman–Crippen MR) is 39.5 cm³/mol. The molecule has 0 aromatic carbocycles. The molecule has 0 amide bonds. The van der Waals surface area contributed by atoms with E-state index < -0.39 is 11.6 Å². The van der Waals surface area contributed by atoms with Crippen molar-refractivity contribution in [1.82, 2.24) is 5.32 Å². The van der Waals surface area contributed by atoms with Crippen molar-refractivity contribution in [2.45, 2.75) is 18.9 Å². The van der Waals surface area contributed by atoms with Crippen LogP contribution in [0.2, 0.25) is 0 Å². The average Bonchev–Trinajstić information content (AvgIpc) is 1.82. The fourth-order valence-electron chi connectivity index (χ4n) is 1.26. The number of carboxylic acids is 1. The van der Waals surface area contributed by atoms with Crippen LogP contribution in [-0.4, -0.2) is 36.4 Å². The molecule has 1 aliphatic heterocycles. The van der Waals surface area contributed by atoms with Gasteiger partial charge in [0, 0.05) is 19.7 Å². The molecule has 0 unspecified atom stereocenters. The van der Waals surface area contributed by atoms with E-state index in [1.54, 1.807) is 0 Å². The molecule has 1 fully saturated rings. The maximum Gasteiger partial charge on any atom is 0.306 e. The van der Waals surface area contributed by atoms with Crippen LogP contribution < -0.4 is 5.32 Å². The van der Waals surface area contributed by atoms with Crippen molar-refractivity contribution in [3.8, 4) is 0 Å². The standard InChI is InChI=1S/C7H13NO3/c1-2-11-7(3-6(9)10)4-8-5-7/h8H,2-5H2,1H3,(H,9,10). The first-order chi connectivity index (χ1) is 5.18. The summed E-state index contributed by atoms with van der Waals surface area (Å²) in [6.45, 7) is 3.77. The molecule has 4 heteroatoms. The summed E-state index contributed by atoms with van der Waals surface area (Å²) in [5.41, 5.74) is -0.416. The molecule has 64 valence electrons. The van der Waals surface area contributed by atoms with Crippen molar-refractivity contribution in [2.75, 3.05) is 19.7 Å². The molecule has 1 saturated heterocycles. The van der Waals surface area contributed by atoms with Crippen LogP contribution in [0.15, 0.2) is 0 Å². The van der Waals surface area contributed by atoms with Crippen LogP contribution in [-0.2, 0) is 9.53 Å². The Hall–Kier alpha value is -0.610. The minimum Gasteiger partial charge on any atom is -0.481 e. The number of carbonyl (C=O) groups is 1. The summed E-state index contributed by atoms with van der Waals surface area (Å²) in [5.74, 6) is -0.792. The number of ether oxygens (including phenoxy) is 1. The van der Waals surface area contributed by atoms with Gasteiger partial charge in [0.05, 0.1) is 6.42 Å². The lowest BCUT2D eigenvalue weighted by molar-refractivity contribution is -0.149. The van der Waals surface area contributed by atoms with Crippen LogP contribution in [0, 0.1) is 0 Å². The van der Waals surface area contributed by atoms with E-state index in [9.17, 15) is 4.79 Å². The third kappa shape index (κ3) is 1.91. The van der Waals surface area contributed by atoms with E-state index in [4.69, 9.17) is 9.84 Å². The van der Waals surface area contributed by atoms with Crippen LogP contribution in [0.4, 0.5) is 0 Å². The molecule has 11 heavy (non-hydrogen) atoms. The second kappa shape index (κ2) is 3.19. The van der Waals surface area contributed by atoms with Gasteiger partial charge in [0.25, 0.3) is 0 Å².